The van der Waals surface area contributed by atoms with Gasteiger partial charge in [-0.2, -0.15) is 5.10 Å². The maximum absolute atomic E-state index is 15.7. The Kier molecular flexibility index (Phi) is 8.29. The fourth-order valence-electron chi connectivity index (χ4n) is 6.44. The van der Waals surface area contributed by atoms with Gasteiger partial charge in [-0.3, -0.25) is 14.3 Å². The maximum atomic E-state index is 15.7. The van der Waals surface area contributed by atoms with Gasteiger partial charge in [-0.25, -0.2) is 26.6 Å². The van der Waals surface area contributed by atoms with E-state index in [4.69, 9.17) is 15.6 Å². The van der Waals surface area contributed by atoms with E-state index in [1.165, 1.54) is 12.1 Å². The van der Waals surface area contributed by atoms with Crippen LogP contribution in [0.5, 0.6) is 0 Å². The van der Waals surface area contributed by atoms with Crippen LogP contribution in [-0.2, 0) is 14.8 Å². The highest BCUT2D eigenvalue weighted by Gasteiger charge is 2.32. The summed E-state index contributed by atoms with van der Waals surface area (Å²) in [6.07, 6.45) is 5.73. The lowest BCUT2D eigenvalue weighted by atomic mass is 9.81. The van der Waals surface area contributed by atoms with Gasteiger partial charge < -0.3 is 10.5 Å². The van der Waals surface area contributed by atoms with Gasteiger partial charge in [0.1, 0.15) is 33.9 Å². The van der Waals surface area contributed by atoms with Crippen LogP contribution >= 0.6 is 0 Å². The third-order valence-electron chi connectivity index (χ3n) is 8.65. The van der Waals surface area contributed by atoms with Crippen molar-refractivity contribution in [1.82, 2.24) is 19.7 Å². The van der Waals surface area contributed by atoms with E-state index in [9.17, 15) is 12.8 Å². The van der Waals surface area contributed by atoms with Gasteiger partial charge in [0.05, 0.1) is 29.8 Å². The van der Waals surface area contributed by atoms with E-state index in [2.05, 4.69) is 9.88 Å². The summed E-state index contributed by atoms with van der Waals surface area (Å²) in [7, 11) is -4.53. The van der Waals surface area contributed by atoms with Gasteiger partial charge in [0.15, 0.2) is 0 Å². The summed E-state index contributed by atoms with van der Waals surface area (Å²) in [5.41, 5.74) is 7.35. The van der Waals surface area contributed by atoms with Gasteiger partial charge in [0, 0.05) is 43.0 Å². The normalized spacial score (nSPS) is 20.0. The predicted octanol–water partition coefficient (Wildman–Crippen LogP) is 5.84. The van der Waals surface area contributed by atoms with E-state index in [-0.39, 0.29) is 29.0 Å². The summed E-state index contributed by atoms with van der Waals surface area (Å²) < 4.78 is 80.0. The van der Waals surface area contributed by atoms with Crippen LogP contribution in [0.3, 0.4) is 0 Å². The van der Waals surface area contributed by atoms with Crippen LogP contribution in [0, 0.1) is 17.5 Å². The summed E-state index contributed by atoms with van der Waals surface area (Å²) in [4.78, 5) is 6.28. The highest BCUT2D eigenvalue weighted by Crippen LogP contribution is 2.43. The molecule has 0 radical (unpaired) electrons. The van der Waals surface area contributed by atoms with Gasteiger partial charge >= 0.3 is 0 Å². The lowest BCUT2D eigenvalue weighted by Crippen LogP contribution is -2.44. The number of pyridine rings is 1. The van der Waals surface area contributed by atoms with Gasteiger partial charge in [-0.1, -0.05) is 12.1 Å². The van der Waals surface area contributed by atoms with Crippen molar-refractivity contribution in [1.29, 1.82) is 0 Å². The van der Waals surface area contributed by atoms with Crippen LogP contribution in [0.1, 0.15) is 57.1 Å². The number of benzene rings is 2. The van der Waals surface area contributed by atoms with Crippen molar-refractivity contribution in [3.05, 3.63) is 65.6 Å². The first-order valence-electron chi connectivity index (χ1n) is 14.8. The second-order valence-corrected chi connectivity index (χ2v) is 13.4. The minimum Gasteiger partial charge on any atom is -0.383 e. The molecule has 0 bridgehead atoms. The second kappa shape index (κ2) is 12.0. The Morgan fingerprint density at radius 3 is 2.39 bits per heavy atom. The van der Waals surface area contributed by atoms with E-state index in [1.54, 1.807) is 10.9 Å². The zero-order chi connectivity index (χ0) is 31.2. The van der Waals surface area contributed by atoms with E-state index in [0.29, 0.717) is 11.4 Å². The van der Waals surface area contributed by atoms with Gasteiger partial charge in [-0.05, 0) is 69.2 Å². The van der Waals surface area contributed by atoms with Crippen LogP contribution in [-0.4, -0.2) is 60.4 Å². The minimum atomic E-state index is -4.53. The number of nitrogens with one attached hydrogen (secondary N) is 1. The van der Waals surface area contributed by atoms with Crippen LogP contribution in [0.25, 0.3) is 22.2 Å². The average Bonchev–Trinajstić information content (AvgIpc) is 3.41. The van der Waals surface area contributed by atoms with Crippen LogP contribution in [0.2, 0.25) is 0 Å². The van der Waals surface area contributed by atoms with E-state index < -0.39 is 38.1 Å². The molecule has 4 aromatic rings. The molecule has 2 aromatic heterocycles. The number of nitrogen functional groups attached to an aromatic ring is 1. The number of halogens is 3. The second-order valence-electron chi connectivity index (χ2n) is 11.7. The van der Waals surface area contributed by atoms with Crippen LogP contribution < -0.4 is 10.5 Å². The highest BCUT2D eigenvalue weighted by atomic mass is 32.2. The summed E-state index contributed by atoms with van der Waals surface area (Å²) in [5.74, 6) is -2.67. The van der Waals surface area contributed by atoms with Crippen molar-refractivity contribution in [2.75, 3.05) is 36.8 Å². The molecule has 3 heterocycles. The molecular formula is C31H35F3N6O3S. The first-order chi connectivity index (χ1) is 21.0. The minimum absolute atomic E-state index is 0.113. The van der Waals surface area contributed by atoms with Crippen molar-refractivity contribution >= 4 is 32.4 Å². The van der Waals surface area contributed by atoms with Crippen molar-refractivity contribution < 1.29 is 26.3 Å². The number of aromatic nitrogens is 3. The molecule has 1 saturated carbocycles. The van der Waals surface area contributed by atoms with E-state index >= 15 is 8.78 Å². The third-order valence-corrected chi connectivity index (χ3v) is 10.1. The summed E-state index contributed by atoms with van der Waals surface area (Å²) in [6.45, 7) is 7.30. The molecule has 2 fully saturated rings. The fourth-order valence-corrected chi connectivity index (χ4v) is 7.58. The average molecular weight is 629 g/mol. The number of hydrogen-bond acceptors (Lipinski definition) is 7. The summed E-state index contributed by atoms with van der Waals surface area (Å²) >= 11 is 0. The van der Waals surface area contributed by atoms with Gasteiger partial charge in [0.25, 0.3) is 10.0 Å². The molecular weight excluding hydrogens is 593 g/mol. The fraction of sp³-hybridized carbons (Fsp3) is 0.419. The predicted molar refractivity (Wildman–Crippen MR) is 162 cm³/mol. The molecule has 2 aromatic carbocycles. The zero-order valence-corrected chi connectivity index (χ0v) is 25.4. The van der Waals surface area contributed by atoms with Crippen molar-refractivity contribution in [2.24, 2.45) is 0 Å². The molecule has 234 valence electrons. The molecule has 6 rings (SSSR count). The molecule has 0 atom stereocenters. The molecule has 0 unspecified atom stereocenters. The number of sulfonamides is 1. The number of anilines is 2. The van der Waals surface area contributed by atoms with Crippen LogP contribution in [0.15, 0.2) is 47.5 Å². The quantitative estimate of drug-likeness (QED) is 0.264. The zero-order valence-electron chi connectivity index (χ0n) is 24.6. The number of rotatable bonds is 7. The lowest BCUT2D eigenvalue weighted by Gasteiger charge is -2.39. The molecule has 9 nitrogen and oxygen atoms in total. The van der Waals surface area contributed by atoms with Crippen LogP contribution in [0.4, 0.5) is 24.7 Å². The molecule has 1 saturated heterocycles. The molecule has 3 N–H and O–H groups in total. The Balaban J connectivity index is 1.36. The van der Waals surface area contributed by atoms with E-state index in [1.807, 2.05) is 18.6 Å². The Hall–Kier alpha value is -3.68. The SMILES string of the molecule is CC(C)n1nc(-c2cc(F)c(NS(=O)(=O)c3ccccc3F)cc2F)c2c(N)ncc(C3CCC(N4CCOCC4)CC3)c21. The Bertz CT molecular complexity index is 1800. The molecule has 44 heavy (non-hydrogen) atoms. The first kappa shape index (κ1) is 30.4. The van der Waals surface area contributed by atoms with Crippen molar-refractivity contribution in [2.45, 2.75) is 62.4 Å². The standard InChI is InChI=1S/C31H35F3N6O3S/c1-18(2)40-30-22(19-7-9-20(10-8-19)39-11-13-43-14-12-39)17-36-31(35)28(30)29(37-40)21-15-25(34)26(16-24(21)33)38-44(41,42)27-6-4-3-5-23(27)32/h3-6,15-20,38H,7-14H2,1-2H3,(H2,35,36). The largest absolute Gasteiger partial charge is 0.383 e. The molecule has 0 amide bonds. The number of fused-ring (bicyclic) bond motifs is 1. The number of morpholine rings is 1. The smallest absolute Gasteiger partial charge is 0.264 e. The first-order valence-corrected chi connectivity index (χ1v) is 16.3. The monoisotopic (exact) mass is 628 g/mol. The summed E-state index contributed by atoms with van der Waals surface area (Å²) in [5, 5.41) is 5.13. The maximum Gasteiger partial charge on any atom is 0.264 e. The summed E-state index contributed by atoms with van der Waals surface area (Å²) in [6, 6.07) is 6.63. The molecule has 1 aliphatic carbocycles. The Morgan fingerprint density at radius 2 is 1.70 bits per heavy atom. The molecule has 13 heteroatoms. The third kappa shape index (κ3) is 5.64. The number of nitrogens with zero attached hydrogens (tertiary/aromatic N) is 4. The molecule has 1 aliphatic heterocycles. The Labute approximate surface area is 254 Å². The van der Waals surface area contributed by atoms with Gasteiger partial charge in [0.2, 0.25) is 0 Å². The van der Waals surface area contributed by atoms with Gasteiger partial charge in [-0.15, -0.1) is 0 Å². The number of hydrogen-bond donors (Lipinski definition) is 2. The molecule has 2 aliphatic rings. The van der Waals surface area contributed by atoms with Crippen molar-refractivity contribution in [3.63, 3.8) is 0 Å². The number of ether oxygens (including phenoxy) is 1. The topological polar surface area (TPSA) is 115 Å². The highest BCUT2D eigenvalue weighted by molar-refractivity contribution is 7.92. The van der Waals surface area contributed by atoms with Crippen molar-refractivity contribution in [3.8, 4) is 11.3 Å². The Morgan fingerprint density at radius 1 is 1.00 bits per heavy atom. The van der Waals surface area contributed by atoms with E-state index in [0.717, 1.165) is 87.3 Å². The lowest BCUT2D eigenvalue weighted by molar-refractivity contribution is 0.00731. The number of nitrogens with two attached hydrogens (primary N) is 1. The molecule has 0 spiro atoms.